The Morgan fingerprint density at radius 3 is 2.58 bits per heavy atom. The Hall–Kier alpha value is -3.96. The van der Waals surface area contributed by atoms with Crippen molar-refractivity contribution in [2.45, 2.75) is 19.4 Å². The smallest absolute Gasteiger partial charge is 0.305 e. The van der Waals surface area contributed by atoms with Gasteiger partial charge in [-0.15, -0.1) is 6.42 Å². The third kappa shape index (κ3) is 4.17. The highest BCUT2D eigenvalue weighted by molar-refractivity contribution is 7.05. The number of aryl methyl sites for hydroxylation is 1. The van der Waals surface area contributed by atoms with E-state index in [4.69, 9.17) is 23.0 Å². The fourth-order valence-electron chi connectivity index (χ4n) is 5.06. The van der Waals surface area contributed by atoms with Crippen molar-refractivity contribution in [3.63, 3.8) is 0 Å². The summed E-state index contributed by atoms with van der Waals surface area (Å²) < 4.78 is 3.61. The van der Waals surface area contributed by atoms with Crippen LogP contribution in [0.1, 0.15) is 18.4 Å². The van der Waals surface area contributed by atoms with Crippen LogP contribution in [0.3, 0.4) is 0 Å². The van der Waals surface area contributed by atoms with Crippen LogP contribution in [0.15, 0.2) is 84.2 Å². The standard InChI is InChI=1S/C30H25ClN4O2Si/c1-3-20-5-4-6-22(13-20)26-15-28(36)35(18-21-7-8-21)30-27(26)14-25(16-33-30)38(37,29-17-32-19-34(29)2)24-11-9-23(31)10-12-24/h1,4-6,9-17,19,21,37H,7-8,18H2,2H3/t38-/m1/s1. The molecule has 38 heavy (non-hydrogen) atoms. The maximum absolute atomic E-state index is 13.3. The van der Waals surface area contributed by atoms with Crippen molar-refractivity contribution in [3.05, 3.63) is 100 Å². The molecule has 0 bridgehead atoms. The number of nitrogens with zero attached hydrogens (tertiary/aromatic N) is 4. The van der Waals surface area contributed by atoms with Crippen molar-refractivity contribution in [1.82, 2.24) is 19.1 Å². The third-order valence-electron chi connectivity index (χ3n) is 7.29. The van der Waals surface area contributed by atoms with Gasteiger partial charge >= 0.3 is 8.32 Å². The van der Waals surface area contributed by atoms with E-state index in [0.717, 1.165) is 40.1 Å². The maximum Gasteiger partial charge on any atom is 0.305 e. The van der Waals surface area contributed by atoms with Crippen LogP contribution in [0.5, 0.6) is 0 Å². The quantitative estimate of drug-likeness (QED) is 0.267. The largest absolute Gasteiger partial charge is 0.420 e. The van der Waals surface area contributed by atoms with Gasteiger partial charge in [0.15, 0.2) is 0 Å². The maximum atomic E-state index is 13.3. The summed E-state index contributed by atoms with van der Waals surface area (Å²) in [7, 11) is -1.67. The fraction of sp³-hybridized carbons (Fsp3) is 0.167. The number of terminal acetylenes is 1. The topological polar surface area (TPSA) is 72.9 Å². The number of fused-ring (bicyclic) bond motifs is 1. The summed E-state index contributed by atoms with van der Waals surface area (Å²) in [6.07, 6.45) is 13.0. The second-order valence-electron chi connectivity index (χ2n) is 9.88. The molecule has 5 aromatic rings. The molecule has 1 atom stereocenters. The number of imidazole rings is 1. The van der Waals surface area contributed by atoms with Crippen LogP contribution >= 0.6 is 11.6 Å². The second-order valence-corrected chi connectivity index (χ2v) is 13.4. The summed E-state index contributed by atoms with van der Waals surface area (Å²) in [5, 5.41) is 3.53. The van der Waals surface area contributed by atoms with Gasteiger partial charge in [-0.25, -0.2) is 9.97 Å². The third-order valence-corrected chi connectivity index (χ3v) is 11.0. The van der Waals surface area contributed by atoms with Gasteiger partial charge in [-0.3, -0.25) is 9.36 Å². The van der Waals surface area contributed by atoms with Gasteiger partial charge in [0.2, 0.25) is 0 Å². The Kier molecular flexibility index (Phi) is 6.04. The van der Waals surface area contributed by atoms with E-state index in [-0.39, 0.29) is 5.56 Å². The van der Waals surface area contributed by atoms with Gasteiger partial charge < -0.3 is 9.36 Å². The van der Waals surface area contributed by atoms with E-state index >= 15 is 0 Å². The summed E-state index contributed by atoms with van der Waals surface area (Å²) in [4.78, 5) is 35.0. The van der Waals surface area contributed by atoms with Crippen LogP contribution in [0.4, 0.5) is 0 Å². The lowest BCUT2D eigenvalue weighted by molar-refractivity contribution is 0.579. The zero-order chi connectivity index (χ0) is 26.4. The van der Waals surface area contributed by atoms with Crippen molar-refractivity contribution in [3.8, 4) is 23.5 Å². The lowest BCUT2D eigenvalue weighted by Crippen LogP contribution is -2.69. The molecule has 1 aliphatic rings. The first kappa shape index (κ1) is 24.4. The summed E-state index contributed by atoms with van der Waals surface area (Å²) in [5.74, 6) is 3.17. The minimum Gasteiger partial charge on any atom is -0.420 e. The molecular weight excluding hydrogens is 512 g/mol. The highest BCUT2D eigenvalue weighted by Gasteiger charge is 2.42. The average Bonchev–Trinajstić information content (AvgIpc) is 3.66. The molecule has 0 radical (unpaired) electrons. The van der Waals surface area contributed by atoms with Gasteiger partial charge in [-0.1, -0.05) is 41.8 Å². The van der Waals surface area contributed by atoms with Crippen LogP contribution < -0.4 is 21.2 Å². The highest BCUT2D eigenvalue weighted by Crippen LogP contribution is 2.32. The molecule has 0 spiro atoms. The van der Waals surface area contributed by atoms with E-state index in [0.29, 0.717) is 33.6 Å². The van der Waals surface area contributed by atoms with Crippen LogP contribution in [0.2, 0.25) is 5.02 Å². The molecule has 188 valence electrons. The summed E-state index contributed by atoms with van der Waals surface area (Å²) in [5.41, 5.74) is 2.80. The Morgan fingerprint density at radius 1 is 1.11 bits per heavy atom. The molecule has 1 saturated carbocycles. The predicted octanol–water partition coefficient (Wildman–Crippen LogP) is 2.80. The van der Waals surface area contributed by atoms with E-state index in [9.17, 15) is 9.59 Å². The number of hydrogen-bond donors (Lipinski definition) is 1. The molecule has 8 heteroatoms. The highest BCUT2D eigenvalue weighted by atomic mass is 35.5. The van der Waals surface area contributed by atoms with Gasteiger partial charge in [-0.2, -0.15) is 0 Å². The van der Waals surface area contributed by atoms with E-state index < -0.39 is 8.32 Å². The monoisotopic (exact) mass is 536 g/mol. The first-order valence-electron chi connectivity index (χ1n) is 12.4. The second kappa shape index (κ2) is 9.41. The molecule has 6 rings (SSSR count). The van der Waals surface area contributed by atoms with Gasteiger partial charge in [0, 0.05) is 48.0 Å². The molecule has 0 aliphatic heterocycles. The van der Waals surface area contributed by atoms with Crippen molar-refractivity contribution < 1.29 is 4.80 Å². The van der Waals surface area contributed by atoms with E-state index in [1.807, 2.05) is 54.1 Å². The molecule has 0 amide bonds. The number of benzene rings is 2. The molecule has 0 unspecified atom stereocenters. The number of halogens is 1. The molecule has 2 aromatic carbocycles. The predicted molar refractivity (Wildman–Crippen MR) is 154 cm³/mol. The summed E-state index contributed by atoms with van der Waals surface area (Å²) in [6, 6.07) is 18.5. The number of aromatic nitrogens is 4. The van der Waals surface area contributed by atoms with Gasteiger partial charge in [0.1, 0.15) is 5.65 Å². The minimum absolute atomic E-state index is 0.0948. The Labute approximate surface area is 226 Å². The van der Waals surface area contributed by atoms with E-state index in [1.54, 1.807) is 41.5 Å². The van der Waals surface area contributed by atoms with Crippen molar-refractivity contribution >= 4 is 46.6 Å². The first-order chi connectivity index (χ1) is 18.4. The van der Waals surface area contributed by atoms with E-state index in [2.05, 4.69) is 10.9 Å². The lowest BCUT2D eigenvalue weighted by Gasteiger charge is -2.27. The first-order valence-corrected chi connectivity index (χ1v) is 14.8. The molecule has 3 aromatic heterocycles. The van der Waals surface area contributed by atoms with Crippen LogP contribution in [0, 0.1) is 18.3 Å². The van der Waals surface area contributed by atoms with Gasteiger partial charge in [0.05, 0.1) is 11.6 Å². The number of hydrogen-bond acceptors (Lipinski definition) is 4. The Balaban J connectivity index is 1.65. The summed E-state index contributed by atoms with van der Waals surface area (Å²) >= 11 is 6.19. The molecule has 1 aliphatic carbocycles. The normalized spacial score (nSPS) is 14.8. The number of rotatable bonds is 6. The Bertz CT molecular complexity index is 1780. The molecule has 1 N–H and O–H groups in total. The molecule has 0 saturated heterocycles. The zero-order valence-electron chi connectivity index (χ0n) is 20.8. The summed E-state index contributed by atoms with van der Waals surface area (Å²) in [6.45, 7) is 0.632. The number of pyridine rings is 2. The van der Waals surface area contributed by atoms with Gasteiger partial charge in [0.25, 0.3) is 5.56 Å². The van der Waals surface area contributed by atoms with Crippen molar-refractivity contribution in [2.75, 3.05) is 0 Å². The van der Waals surface area contributed by atoms with Gasteiger partial charge in [-0.05, 0) is 70.6 Å². The van der Waals surface area contributed by atoms with Crippen LogP contribution in [0.25, 0.3) is 22.2 Å². The van der Waals surface area contributed by atoms with Crippen molar-refractivity contribution in [1.29, 1.82) is 0 Å². The fourth-order valence-corrected chi connectivity index (χ4v) is 8.20. The van der Waals surface area contributed by atoms with Crippen LogP contribution in [-0.4, -0.2) is 32.2 Å². The SMILES string of the molecule is C#Cc1cccc(-c2cc(=O)n(CC3CC3)c3ncc([Si@](O)(c4ccc(Cl)cc4)c4cncn4C)cc23)c1. The average molecular weight is 537 g/mol. The van der Waals surface area contributed by atoms with E-state index in [1.165, 1.54) is 0 Å². The van der Waals surface area contributed by atoms with Crippen LogP contribution in [-0.2, 0) is 13.6 Å². The lowest BCUT2D eigenvalue weighted by atomic mass is 10.0. The molecule has 1 fully saturated rings. The minimum atomic E-state index is -3.54. The molecule has 6 nitrogen and oxygen atoms in total. The molecular formula is C30H25ClN4O2Si. The van der Waals surface area contributed by atoms with Crippen molar-refractivity contribution in [2.24, 2.45) is 13.0 Å². The molecule has 3 heterocycles. The Morgan fingerprint density at radius 2 is 1.89 bits per heavy atom. The zero-order valence-corrected chi connectivity index (χ0v) is 22.6.